The standard InChI is InChI=1S/C35H26N2O2/c1-39-35(38)28-19-21-30(22-20-28)37-33(26-12-4-2-5-13-26)23-29(34(37)27-14-6-3-7-15-27)24-36-32-18-10-16-25-11-8-9-17-31(25)32/h2-24H,1H3. The summed E-state index contributed by atoms with van der Waals surface area (Å²) in [5, 5.41) is 2.27. The molecule has 1 heterocycles. The number of benzene rings is 5. The fourth-order valence-corrected chi connectivity index (χ4v) is 4.93. The Morgan fingerprint density at radius 2 is 1.36 bits per heavy atom. The monoisotopic (exact) mass is 506 g/mol. The van der Waals surface area contributed by atoms with E-state index in [0.717, 1.165) is 50.2 Å². The topological polar surface area (TPSA) is 43.6 Å². The van der Waals surface area contributed by atoms with Crippen LogP contribution in [-0.4, -0.2) is 23.9 Å². The lowest BCUT2D eigenvalue weighted by Gasteiger charge is -2.15. The van der Waals surface area contributed by atoms with Gasteiger partial charge < -0.3 is 9.30 Å². The molecule has 5 aromatic carbocycles. The second-order valence-electron chi connectivity index (χ2n) is 9.20. The molecule has 0 N–H and O–H groups in total. The van der Waals surface area contributed by atoms with Crippen LogP contribution in [0.25, 0.3) is 39.0 Å². The molecule has 4 heteroatoms. The van der Waals surface area contributed by atoms with E-state index in [4.69, 9.17) is 9.73 Å². The molecule has 0 aliphatic heterocycles. The van der Waals surface area contributed by atoms with Crippen LogP contribution < -0.4 is 0 Å². The molecule has 0 saturated heterocycles. The van der Waals surface area contributed by atoms with Crippen molar-refractivity contribution in [2.45, 2.75) is 0 Å². The summed E-state index contributed by atoms with van der Waals surface area (Å²) in [6.45, 7) is 0. The zero-order chi connectivity index (χ0) is 26.6. The number of carbonyl (C=O) groups excluding carboxylic acids is 1. The summed E-state index contributed by atoms with van der Waals surface area (Å²) in [4.78, 5) is 17.1. The maximum absolute atomic E-state index is 12.1. The van der Waals surface area contributed by atoms with Crippen LogP contribution in [0.15, 0.2) is 138 Å². The van der Waals surface area contributed by atoms with Crippen molar-refractivity contribution in [3.63, 3.8) is 0 Å². The number of methoxy groups -OCH3 is 1. The van der Waals surface area contributed by atoms with Gasteiger partial charge in [-0.1, -0.05) is 97.1 Å². The highest BCUT2D eigenvalue weighted by molar-refractivity contribution is 5.99. The van der Waals surface area contributed by atoms with Crippen LogP contribution in [0.1, 0.15) is 15.9 Å². The Kier molecular flexibility index (Phi) is 6.59. The van der Waals surface area contributed by atoms with Gasteiger partial charge in [0.25, 0.3) is 0 Å². The van der Waals surface area contributed by atoms with Crippen molar-refractivity contribution in [3.05, 3.63) is 145 Å². The maximum atomic E-state index is 12.1. The predicted octanol–water partition coefficient (Wildman–Crippen LogP) is 8.50. The first-order chi connectivity index (χ1) is 19.2. The molecule has 1 aromatic heterocycles. The summed E-state index contributed by atoms with van der Waals surface area (Å²) in [6, 6.07) is 44.8. The third kappa shape index (κ3) is 4.76. The Morgan fingerprint density at radius 1 is 0.718 bits per heavy atom. The van der Waals surface area contributed by atoms with Crippen molar-refractivity contribution in [2.75, 3.05) is 7.11 Å². The maximum Gasteiger partial charge on any atom is 0.337 e. The van der Waals surface area contributed by atoms with E-state index in [1.54, 1.807) is 12.1 Å². The van der Waals surface area contributed by atoms with Crippen LogP contribution in [0, 0.1) is 0 Å². The molecule has 0 bridgehead atoms. The van der Waals surface area contributed by atoms with E-state index in [1.165, 1.54) is 7.11 Å². The van der Waals surface area contributed by atoms with Crippen molar-refractivity contribution >= 4 is 28.6 Å². The van der Waals surface area contributed by atoms with Gasteiger partial charge in [0.2, 0.25) is 0 Å². The first kappa shape index (κ1) is 24.1. The summed E-state index contributed by atoms with van der Waals surface area (Å²) < 4.78 is 7.15. The first-order valence-electron chi connectivity index (χ1n) is 12.8. The highest BCUT2D eigenvalue weighted by atomic mass is 16.5. The third-order valence-electron chi connectivity index (χ3n) is 6.80. The Bertz CT molecular complexity index is 1780. The van der Waals surface area contributed by atoms with Gasteiger partial charge in [-0.15, -0.1) is 0 Å². The molecule has 6 aromatic rings. The molecule has 0 atom stereocenters. The molecule has 0 fully saturated rings. The molecule has 39 heavy (non-hydrogen) atoms. The van der Waals surface area contributed by atoms with Crippen LogP contribution in [-0.2, 0) is 4.74 Å². The lowest BCUT2D eigenvalue weighted by atomic mass is 10.1. The molecule has 0 spiro atoms. The lowest BCUT2D eigenvalue weighted by Crippen LogP contribution is -2.03. The zero-order valence-corrected chi connectivity index (χ0v) is 21.5. The fourth-order valence-electron chi connectivity index (χ4n) is 4.93. The zero-order valence-electron chi connectivity index (χ0n) is 21.5. The van der Waals surface area contributed by atoms with Crippen LogP contribution in [0.3, 0.4) is 0 Å². The second kappa shape index (κ2) is 10.6. The van der Waals surface area contributed by atoms with Gasteiger partial charge in [-0.05, 0) is 52.9 Å². The quantitative estimate of drug-likeness (QED) is 0.168. The Morgan fingerprint density at radius 3 is 2.08 bits per heavy atom. The molecule has 188 valence electrons. The SMILES string of the molecule is COC(=O)c1ccc(-n2c(-c3ccccc3)cc(C=Nc3cccc4ccccc34)c2-c2ccccc2)cc1. The lowest BCUT2D eigenvalue weighted by molar-refractivity contribution is 0.0600. The minimum atomic E-state index is -0.358. The van der Waals surface area contributed by atoms with E-state index < -0.39 is 0 Å². The van der Waals surface area contributed by atoms with Gasteiger partial charge in [0, 0.05) is 22.9 Å². The summed E-state index contributed by atoms with van der Waals surface area (Å²) in [6.07, 6.45) is 1.95. The number of esters is 1. The number of carbonyl (C=O) groups is 1. The minimum Gasteiger partial charge on any atom is -0.465 e. The van der Waals surface area contributed by atoms with Crippen LogP contribution >= 0.6 is 0 Å². The largest absolute Gasteiger partial charge is 0.465 e. The molecular weight excluding hydrogens is 480 g/mol. The van der Waals surface area contributed by atoms with Gasteiger partial charge >= 0.3 is 5.97 Å². The number of aliphatic imine (C=N–C) groups is 1. The van der Waals surface area contributed by atoms with Crippen molar-refractivity contribution in [2.24, 2.45) is 4.99 Å². The molecule has 0 amide bonds. The van der Waals surface area contributed by atoms with Crippen LogP contribution in [0.4, 0.5) is 5.69 Å². The number of nitrogens with zero attached hydrogens (tertiary/aromatic N) is 2. The van der Waals surface area contributed by atoms with E-state index in [0.29, 0.717) is 5.56 Å². The molecular formula is C35H26N2O2. The van der Waals surface area contributed by atoms with Gasteiger partial charge in [0.1, 0.15) is 0 Å². The fraction of sp³-hybridized carbons (Fsp3) is 0.0286. The van der Waals surface area contributed by atoms with Crippen molar-refractivity contribution in [1.29, 1.82) is 0 Å². The summed E-state index contributed by atoms with van der Waals surface area (Å²) in [7, 11) is 1.39. The van der Waals surface area contributed by atoms with Gasteiger partial charge in [0.15, 0.2) is 0 Å². The second-order valence-corrected chi connectivity index (χ2v) is 9.20. The van der Waals surface area contributed by atoms with E-state index in [-0.39, 0.29) is 5.97 Å². The predicted molar refractivity (Wildman–Crippen MR) is 159 cm³/mol. The first-order valence-corrected chi connectivity index (χ1v) is 12.8. The van der Waals surface area contributed by atoms with Crippen LogP contribution in [0.2, 0.25) is 0 Å². The molecule has 0 unspecified atom stereocenters. The summed E-state index contributed by atoms with van der Waals surface area (Å²) >= 11 is 0. The number of fused-ring (bicyclic) bond motifs is 1. The Balaban J connectivity index is 1.58. The smallest absolute Gasteiger partial charge is 0.337 e. The normalized spacial score (nSPS) is 11.2. The number of aromatic nitrogens is 1. The highest BCUT2D eigenvalue weighted by Crippen LogP contribution is 2.36. The summed E-state index contributed by atoms with van der Waals surface area (Å²) in [5.41, 5.74) is 7.55. The van der Waals surface area contributed by atoms with E-state index in [9.17, 15) is 4.79 Å². The summed E-state index contributed by atoms with van der Waals surface area (Å²) in [5.74, 6) is -0.358. The van der Waals surface area contributed by atoms with Crippen molar-refractivity contribution in [1.82, 2.24) is 4.57 Å². The van der Waals surface area contributed by atoms with E-state index in [1.807, 2.05) is 79.0 Å². The van der Waals surface area contributed by atoms with E-state index in [2.05, 4.69) is 53.1 Å². The molecule has 4 nitrogen and oxygen atoms in total. The minimum absolute atomic E-state index is 0.358. The third-order valence-corrected chi connectivity index (χ3v) is 6.80. The van der Waals surface area contributed by atoms with Gasteiger partial charge in [-0.25, -0.2) is 4.79 Å². The molecule has 0 saturated carbocycles. The number of ether oxygens (including phenoxy) is 1. The average molecular weight is 507 g/mol. The number of hydrogen-bond donors (Lipinski definition) is 0. The van der Waals surface area contributed by atoms with Crippen molar-refractivity contribution in [3.8, 4) is 28.2 Å². The van der Waals surface area contributed by atoms with Gasteiger partial charge in [0.05, 0.1) is 29.7 Å². The number of rotatable bonds is 6. The van der Waals surface area contributed by atoms with Gasteiger partial charge in [-0.3, -0.25) is 4.99 Å². The van der Waals surface area contributed by atoms with E-state index >= 15 is 0 Å². The Labute approximate surface area is 227 Å². The molecule has 0 radical (unpaired) electrons. The average Bonchev–Trinajstić information content (AvgIpc) is 3.40. The molecule has 0 aliphatic rings. The highest BCUT2D eigenvalue weighted by Gasteiger charge is 2.19. The van der Waals surface area contributed by atoms with Crippen molar-refractivity contribution < 1.29 is 9.53 Å². The molecule has 6 rings (SSSR count). The van der Waals surface area contributed by atoms with Gasteiger partial charge in [-0.2, -0.15) is 0 Å². The number of hydrogen-bond acceptors (Lipinski definition) is 3. The van der Waals surface area contributed by atoms with Crippen LogP contribution in [0.5, 0.6) is 0 Å². The molecule has 0 aliphatic carbocycles. The Hall–Kier alpha value is -5.22.